The fourth-order valence-electron chi connectivity index (χ4n) is 2.44. The smallest absolute Gasteiger partial charge is 0.223 e. The lowest BCUT2D eigenvalue weighted by atomic mass is 9.94. The average molecular weight is 318 g/mol. The number of aryl methyl sites for hydroxylation is 1. The maximum absolute atomic E-state index is 12.2. The summed E-state index contributed by atoms with van der Waals surface area (Å²) < 4.78 is 0. The van der Waals surface area contributed by atoms with Gasteiger partial charge in [-0.25, -0.2) is 4.98 Å². The number of aromatic nitrogens is 1. The first-order valence-corrected chi connectivity index (χ1v) is 8.86. The summed E-state index contributed by atoms with van der Waals surface area (Å²) in [5.74, 6) is 0.310. The van der Waals surface area contributed by atoms with E-state index in [-0.39, 0.29) is 11.8 Å². The van der Waals surface area contributed by atoms with Crippen molar-refractivity contribution in [2.24, 2.45) is 5.92 Å². The molecule has 1 unspecified atom stereocenters. The summed E-state index contributed by atoms with van der Waals surface area (Å²) in [6.45, 7) is 2.60. The van der Waals surface area contributed by atoms with Crippen molar-refractivity contribution in [1.82, 2.24) is 10.3 Å². The molecule has 0 saturated carbocycles. The molecule has 0 spiro atoms. The molecule has 2 aromatic heterocycles. The molecular weight excluding hydrogens is 300 g/mol. The zero-order chi connectivity index (χ0) is 14.7. The number of carbonyl (C=O) groups excluding carboxylic acids is 1. The maximum Gasteiger partial charge on any atom is 0.223 e. The highest BCUT2D eigenvalue weighted by Crippen LogP contribution is 2.31. The van der Waals surface area contributed by atoms with Crippen molar-refractivity contribution in [3.05, 3.63) is 40.2 Å². The van der Waals surface area contributed by atoms with Gasteiger partial charge in [0.15, 0.2) is 0 Å². The topological polar surface area (TPSA) is 42.0 Å². The Balaban J connectivity index is 1.63. The normalized spacial score (nSPS) is 17.9. The molecule has 1 atom stereocenters. The van der Waals surface area contributed by atoms with Crippen molar-refractivity contribution in [3.8, 4) is 9.88 Å². The molecule has 0 radical (unpaired) electrons. The minimum Gasteiger partial charge on any atom is -0.351 e. The van der Waals surface area contributed by atoms with Gasteiger partial charge in [0.1, 0.15) is 5.01 Å². The molecule has 0 aliphatic heterocycles. The Morgan fingerprint density at radius 3 is 3.10 bits per heavy atom. The van der Waals surface area contributed by atoms with Crippen molar-refractivity contribution in [2.45, 2.75) is 32.7 Å². The fourth-order valence-corrected chi connectivity index (χ4v) is 4.24. The number of amides is 1. The third kappa shape index (κ3) is 3.41. The monoisotopic (exact) mass is 318 g/mol. The SMILES string of the molecule is Cc1nc(-c2cccs2)sc1CNC(=O)C1CC=CCC1. The first-order chi connectivity index (χ1) is 10.2. The van der Waals surface area contributed by atoms with E-state index in [0.717, 1.165) is 34.8 Å². The summed E-state index contributed by atoms with van der Waals surface area (Å²) in [4.78, 5) is 19.1. The Labute approximate surface area is 132 Å². The van der Waals surface area contributed by atoms with Gasteiger partial charge in [0.05, 0.1) is 17.1 Å². The molecule has 2 aromatic rings. The molecule has 0 fully saturated rings. The van der Waals surface area contributed by atoms with Crippen LogP contribution < -0.4 is 5.32 Å². The Hall–Kier alpha value is -1.46. The van der Waals surface area contributed by atoms with Crippen LogP contribution in [0.1, 0.15) is 29.8 Å². The number of nitrogens with zero attached hydrogens (tertiary/aromatic N) is 1. The zero-order valence-corrected chi connectivity index (χ0v) is 13.6. The van der Waals surface area contributed by atoms with Crippen LogP contribution in [0.25, 0.3) is 9.88 Å². The van der Waals surface area contributed by atoms with Gasteiger partial charge in [-0.05, 0) is 37.6 Å². The Morgan fingerprint density at radius 2 is 2.38 bits per heavy atom. The first kappa shape index (κ1) is 14.5. The van der Waals surface area contributed by atoms with E-state index >= 15 is 0 Å². The lowest BCUT2D eigenvalue weighted by Crippen LogP contribution is -2.30. The Bertz CT molecular complexity index is 643. The number of nitrogens with one attached hydrogen (secondary N) is 1. The summed E-state index contributed by atoms with van der Waals surface area (Å²) in [7, 11) is 0. The lowest BCUT2D eigenvalue weighted by molar-refractivity contribution is -0.125. The highest BCUT2D eigenvalue weighted by Gasteiger charge is 2.19. The van der Waals surface area contributed by atoms with E-state index in [9.17, 15) is 4.79 Å². The van der Waals surface area contributed by atoms with Crippen molar-refractivity contribution < 1.29 is 4.79 Å². The van der Waals surface area contributed by atoms with Crippen molar-refractivity contribution in [1.29, 1.82) is 0 Å². The molecule has 110 valence electrons. The quantitative estimate of drug-likeness (QED) is 0.860. The van der Waals surface area contributed by atoms with Gasteiger partial charge in [-0.3, -0.25) is 4.79 Å². The molecule has 1 aliphatic carbocycles. The molecule has 1 N–H and O–H groups in total. The van der Waals surface area contributed by atoms with Crippen LogP contribution in [0.2, 0.25) is 0 Å². The molecule has 5 heteroatoms. The molecule has 2 heterocycles. The van der Waals surface area contributed by atoms with Crippen molar-refractivity contribution in [3.63, 3.8) is 0 Å². The molecule has 3 nitrogen and oxygen atoms in total. The second-order valence-corrected chi connectivity index (χ2v) is 7.24. The van der Waals surface area contributed by atoms with Gasteiger partial charge in [-0.2, -0.15) is 0 Å². The Kier molecular flexibility index (Phi) is 4.51. The number of rotatable bonds is 4. The summed E-state index contributed by atoms with van der Waals surface area (Å²) in [5, 5.41) is 6.18. The van der Waals surface area contributed by atoms with Gasteiger partial charge in [0.25, 0.3) is 0 Å². The standard InChI is InChI=1S/C16H18N2OS2/c1-11-14(21-16(18-11)13-8-5-9-20-13)10-17-15(19)12-6-3-2-4-7-12/h2-3,5,8-9,12H,4,6-7,10H2,1H3,(H,17,19). The van der Waals surface area contributed by atoms with Gasteiger partial charge in [-0.15, -0.1) is 22.7 Å². The predicted octanol–water partition coefficient (Wildman–Crippen LogP) is 4.15. The third-order valence-corrected chi connectivity index (χ3v) is 5.88. The van der Waals surface area contributed by atoms with Crippen LogP contribution in [0.5, 0.6) is 0 Å². The maximum atomic E-state index is 12.2. The van der Waals surface area contributed by atoms with Gasteiger partial charge in [-0.1, -0.05) is 18.2 Å². The minimum absolute atomic E-state index is 0.139. The average Bonchev–Trinajstić information content (AvgIpc) is 3.15. The van der Waals surface area contributed by atoms with Crippen molar-refractivity contribution in [2.75, 3.05) is 0 Å². The van der Waals surface area contributed by atoms with E-state index in [1.807, 2.05) is 13.0 Å². The number of carbonyl (C=O) groups is 1. The van der Waals surface area contributed by atoms with Crippen LogP contribution in [0.4, 0.5) is 0 Å². The molecule has 0 aromatic carbocycles. The number of thiophene rings is 1. The molecule has 0 saturated heterocycles. The summed E-state index contributed by atoms with van der Waals surface area (Å²) >= 11 is 3.37. The summed E-state index contributed by atoms with van der Waals surface area (Å²) in [5.41, 5.74) is 1.02. The predicted molar refractivity (Wildman–Crippen MR) is 88.5 cm³/mol. The molecule has 1 amide bonds. The largest absolute Gasteiger partial charge is 0.351 e. The van der Waals surface area contributed by atoms with Gasteiger partial charge >= 0.3 is 0 Å². The van der Waals surface area contributed by atoms with Crippen LogP contribution in [0.3, 0.4) is 0 Å². The van der Waals surface area contributed by atoms with Crippen molar-refractivity contribution >= 4 is 28.6 Å². The van der Waals surface area contributed by atoms with Crippen LogP contribution >= 0.6 is 22.7 Å². The molecular formula is C16H18N2OS2. The Morgan fingerprint density at radius 1 is 1.48 bits per heavy atom. The second-order valence-electron chi connectivity index (χ2n) is 5.20. The van der Waals surface area contributed by atoms with Gasteiger partial charge in [0, 0.05) is 10.8 Å². The van der Waals surface area contributed by atoms with Gasteiger partial charge in [0.2, 0.25) is 5.91 Å². The van der Waals surface area contributed by atoms with Crippen LogP contribution in [0, 0.1) is 12.8 Å². The highest BCUT2D eigenvalue weighted by molar-refractivity contribution is 7.21. The minimum atomic E-state index is 0.139. The summed E-state index contributed by atoms with van der Waals surface area (Å²) in [6.07, 6.45) is 7.11. The zero-order valence-electron chi connectivity index (χ0n) is 12.0. The van der Waals surface area contributed by atoms with E-state index < -0.39 is 0 Å². The van der Waals surface area contributed by atoms with Crippen LogP contribution in [-0.2, 0) is 11.3 Å². The molecule has 0 bridgehead atoms. The third-order valence-electron chi connectivity index (χ3n) is 3.69. The number of allylic oxidation sites excluding steroid dienone is 2. The molecule has 3 rings (SSSR count). The van der Waals surface area contributed by atoms with E-state index in [4.69, 9.17) is 0 Å². The fraction of sp³-hybridized carbons (Fsp3) is 0.375. The van der Waals surface area contributed by atoms with E-state index in [1.54, 1.807) is 22.7 Å². The first-order valence-electron chi connectivity index (χ1n) is 7.17. The van der Waals surface area contributed by atoms with Gasteiger partial charge < -0.3 is 5.32 Å². The number of hydrogen-bond donors (Lipinski definition) is 1. The van der Waals surface area contributed by atoms with Crippen LogP contribution in [-0.4, -0.2) is 10.9 Å². The van der Waals surface area contributed by atoms with E-state index in [2.05, 4.69) is 33.9 Å². The van der Waals surface area contributed by atoms with E-state index in [0.29, 0.717) is 6.54 Å². The second kappa shape index (κ2) is 6.54. The lowest BCUT2D eigenvalue weighted by Gasteiger charge is -2.16. The summed E-state index contributed by atoms with van der Waals surface area (Å²) in [6, 6.07) is 4.12. The number of thiazole rings is 1. The van der Waals surface area contributed by atoms with E-state index in [1.165, 1.54) is 4.88 Å². The molecule has 1 aliphatic rings. The number of hydrogen-bond acceptors (Lipinski definition) is 4. The molecule has 21 heavy (non-hydrogen) atoms. The highest BCUT2D eigenvalue weighted by atomic mass is 32.1. The van der Waals surface area contributed by atoms with Crippen LogP contribution in [0.15, 0.2) is 29.7 Å².